The van der Waals surface area contributed by atoms with Crippen LogP contribution in [0.3, 0.4) is 0 Å². The number of aromatic nitrogens is 3. The number of aryl methyl sites for hydroxylation is 2. The third-order valence-electron chi connectivity index (χ3n) is 4.08. The molecule has 0 saturated carbocycles. The lowest BCUT2D eigenvalue weighted by Crippen LogP contribution is -2.38. The number of nitrogens with one attached hydrogen (secondary N) is 2. The smallest absolute Gasteiger partial charge is 0.257 e. The average molecular weight is 526 g/mol. The average Bonchev–Trinajstić information content (AvgIpc) is 3.35. The van der Waals surface area contributed by atoms with Gasteiger partial charge in [0.1, 0.15) is 5.01 Å². The molecule has 0 aliphatic carbocycles. The highest BCUT2D eigenvalue weighted by atomic mass is 127. The van der Waals surface area contributed by atoms with E-state index >= 15 is 0 Å². The van der Waals surface area contributed by atoms with Crippen molar-refractivity contribution in [2.24, 2.45) is 4.99 Å². The molecule has 0 aliphatic rings. The van der Waals surface area contributed by atoms with Crippen LogP contribution in [0.25, 0.3) is 11.5 Å². The van der Waals surface area contributed by atoms with Crippen LogP contribution in [0.15, 0.2) is 40.0 Å². The molecule has 29 heavy (non-hydrogen) atoms. The SMILES string of the molecule is CCNC(=NCc1ncc(C)s1)NCCc1ccc(-c2nc(CC)no2)cc1.I. The molecule has 9 heteroatoms. The monoisotopic (exact) mass is 526 g/mol. The van der Waals surface area contributed by atoms with Gasteiger partial charge < -0.3 is 15.2 Å². The van der Waals surface area contributed by atoms with Crippen molar-refractivity contribution in [2.45, 2.75) is 40.2 Å². The maximum atomic E-state index is 5.28. The Labute approximate surface area is 192 Å². The van der Waals surface area contributed by atoms with E-state index in [1.807, 2.05) is 25.3 Å². The Kier molecular flexibility index (Phi) is 9.52. The number of aliphatic imine (C=N–C) groups is 1. The zero-order valence-electron chi connectivity index (χ0n) is 16.9. The molecular formula is C20H27IN6OS. The summed E-state index contributed by atoms with van der Waals surface area (Å²) < 4.78 is 5.28. The summed E-state index contributed by atoms with van der Waals surface area (Å²) in [5.74, 6) is 2.11. The van der Waals surface area contributed by atoms with Gasteiger partial charge in [-0.25, -0.2) is 9.98 Å². The van der Waals surface area contributed by atoms with Crippen LogP contribution in [-0.4, -0.2) is 34.2 Å². The number of hydrogen-bond donors (Lipinski definition) is 2. The van der Waals surface area contributed by atoms with Crippen molar-refractivity contribution >= 4 is 41.3 Å². The Bertz CT molecular complexity index is 906. The molecule has 0 spiro atoms. The van der Waals surface area contributed by atoms with Crippen LogP contribution in [0.5, 0.6) is 0 Å². The van der Waals surface area contributed by atoms with Crippen LogP contribution in [0.1, 0.15) is 35.1 Å². The topological polar surface area (TPSA) is 88.2 Å². The van der Waals surface area contributed by atoms with Crippen LogP contribution < -0.4 is 10.6 Å². The first kappa shape index (κ1) is 23.3. The molecule has 1 aromatic carbocycles. The predicted molar refractivity (Wildman–Crippen MR) is 128 cm³/mol. The normalized spacial score (nSPS) is 11.2. The van der Waals surface area contributed by atoms with Crippen molar-refractivity contribution in [3.63, 3.8) is 0 Å². The molecule has 0 fully saturated rings. The summed E-state index contributed by atoms with van der Waals surface area (Å²) in [5, 5.41) is 11.6. The summed E-state index contributed by atoms with van der Waals surface area (Å²) in [4.78, 5) is 14.5. The molecule has 3 aromatic rings. The molecule has 2 heterocycles. The highest BCUT2D eigenvalue weighted by molar-refractivity contribution is 14.0. The molecule has 156 valence electrons. The van der Waals surface area contributed by atoms with E-state index in [0.717, 1.165) is 48.3 Å². The Balaban J connectivity index is 0.00000300. The Hall–Kier alpha value is -2.01. The lowest BCUT2D eigenvalue weighted by atomic mass is 10.1. The molecule has 0 aliphatic heterocycles. The van der Waals surface area contributed by atoms with Gasteiger partial charge >= 0.3 is 0 Å². The number of rotatable bonds is 8. The molecule has 2 N–H and O–H groups in total. The predicted octanol–water partition coefficient (Wildman–Crippen LogP) is 3.98. The van der Waals surface area contributed by atoms with Crippen molar-refractivity contribution in [3.8, 4) is 11.5 Å². The van der Waals surface area contributed by atoms with Gasteiger partial charge in [0.15, 0.2) is 11.8 Å². The van der Waals surface area contributed by atoms with Crippen molar-refractivity contribution in [2.75, 3.05) is 13.1 Å². The molecule has 7 nitrogen and oxygen atoms in total. The second-order valence-electron chi connectivity index (χ2n) is 6.30. The van der Waals surface area contributed by atoms with Gasteiger partial charge in [-0.2, -0.15) is 4.98 Å². The Morgan fingerprint density at radius 1 is 1.17 bits per heavy atom. The van der Waals surface area contributed by atoms with E-state index in [4.69, 9.17) is 4.52 Å². The first-order valence-corrected chi connectivity index (χ1v) is 10.3. The summed E-state index contributed by atoms with van der Waals surface area (Å²) in [7, 11) is 0. The third kappa shape index (κ3) is 7.07. The summed E-state index contributed by atoms with van der Waals surface area (Å²) in [6.45, 7) is 8.33. The standard InChI is InChI=1S/C20H26N6OS.HI/c1-4-17-25-19(27-26-17)16-8-6-15(7-9-16)10-11-22-20(21-5-2)24-13-18-23-12-14(3)28-18;/h6-9,12H,4-5,10-11,13H2,1-3H3,(H2,21,22,24);1H. The number of benzene rings is 1. The van der Waals surface area contributed by atoms with Crippen LogP contribution in [-0.2, 0) is 19.4 Å². The largest absolute Gasteiger partial charge is 0.357 e. The fourth-order valence-corrected chi connectivity index (χ4v) is 3.33. The fourth-order valence-electron chi connectivity index (χ4n) is 2.62. The van der Waals surface area contributed by atoms with E-state index in [9.17, 15) is 0 Å². The highest BCUT2D eigenvalue weighted by Crippen LogP contribution is 2.18. The molecular weight excluding hydrogens is 499 g/mol. The highest BCUT2D eigenvalue weighted by Gasteiger charge is 2.07. The molecule has 0 atom stereocenters. The molecule has 0 radical (unpaired) electrons. The van der Waals surface area contributed by atoms with E-state index in [-0.39, 0.29) is 24.0 Å². The minimum absolute atomic E-state index is 0. The molecule has 0 unspecified atom stereocenters. The third-order valence-corrected chi connectivity index (χ3v) is 4.97. The van der Waals surface area contributed by atoms with Crippen molar-refractivity contribution < 1.29 is 4.52 Å². The second kappa shape index (κ2) is 11.9. The summed E-state index contributed by atoms with van der Waals surface area (Å²) in [6, 6.07) is 8.23. The Morgan fingerprint density at radius 3 is 2.59 bits per heavy atom. The quantitative estimate of drug-likeness (QED) is 0.262. The molecule has 0 saturated heterocycles. The van der Waals surface area contributed by atoms with Gasteiger partial charge in [0.2, 0.25) is 0 Å². The van der Waals surface area contributed by atoms with E-state index in [0.29, 0.717) is 12.4 Å². The minimum atomic E-state index is 0. The van der Waals surface area contributed by atoms with Crippen LogP contribution in [0.4, 0.5) is 0 Å². The van der Waals surface area contributed by atoms with Crippen molar-refractivity contribution in [1.82, 2.24) is 25.8 Å². The van der Waals surface area contributed by atoms with Gasteiger partial charge in [-0.3, -0.25) is 0 Å². The number of thiazole rings is 1. The molecule has 0 amide bonds. The first-order chi connectivity index (χ1) is 13.7. The number of guanidine groups is 1. The second-order valence-corrected chi connectivity index (χ2v) is 7.62. The molecule has 3 rings (SSSR count). The maximum Gasteiger partial charge on any atom is 0.257 e. The van der Waals surface area contributed by atoms with Gasteiger partial charge in [0.05, 0.1) is 6.54 Å². The van der Waals surface area contributed by atoms with E-state index in [1.165, 1.54) is 10.4 Å². The summed E-state index contributed by atoms with van der Waals surface area (Å²) in [6.07, 6.45) is 3.55. The number of nitrogens with zero attached hydrogens (tertiary/aromatic N) is 4. The van der Waals surface area contributed by atoms with E-state index in [2.05, 4.69) is 56.7 Å². The van der Waals surface area contributed by atoms with Gasteiger partial charge in [0.25, 0.3) is 5.89 Å². The van der Waals surface area contributed by atoms with E-state index < -0.39 is 0 Å². The van der Waals surface area contributed by atoms with Crippen LogP contribution in [0.2, 0.25) is 0 Å². The zero-order valence-corrected chi connectivity index (χ0v) is 20.1. The lowest BCUT2D eigenvalue weighted by Gasteiger charge is -2.11. The van der Waals surface area contributed by atoms with Gasteiger partial charge in [-0.05, 0) is 38.0 Å². The van der Waals surface area contributed by atoms with E-state index in [1.54, 1.807) is 11.3 Å². The maximum absolute atomic E-state index is 5.28. The lowest BCUT2D eigenvalue weighted by molar-refractivity contribution is 0.423. The summed E-state index contributed by atoms with van der Waals surface area (Å²) >= 11 is 1.68. The van der Waals surface area contributed by atoms with Crippen LogP contribution in [0, 0.1) is 6.92 Å². The van der Waals surface area contributed by atoms with Gasteiger partial charge in [-0.15, -0.1) is 35.3 Å². The number of hydrogen-bond acceptors (Lipinski definition) is 6. The number of halogens is 1. The fraction of sp³-hybridized carbons (Fsp3) is 0.400. The van der Waals surface area contributed by atoms with Crippen molar-refractivity contribution in [1.29, 1.82) is 0 Å². The first-order valence-electron chi connectivity index (χ1n) is 9.53. The van der Waals surface area contributed by atoms with Gasteiger partial charge in [-0.1, -0.05) is 24.2 Å². The molecule has 0 bridgehead atoms. The summed E-state index contributed by atoms with van der Waals surface area (Å²) in [5.41, 5.74) is 2.18. The van der Waals surface area contributed by atoms with Gasteiger partial charge in [0, 0.05) is 36.1 Å². The van der Waals surface area contributed by atoms with Crippen LogP contribution >= 0.6 is 35.3 Å². The van der Waals surface area contributed by atoms with Crippen molar-refractivity contribution in [3.05, 3.63) is 51.7 Å². The molecule has 2 aromatic heterocycles. The zero-order chi connectivity index (χ0) is 19.8. The Morgan fingerprint density at radius 2 is 1.97 bits per heavy atom. The minimum Gasteiger partial charge on any atom is -0.357 e.